The summed E-state index contributed by atoms with van der Waals surface area (Å²) in [6, 6.07) is 4.44. The van der Waals surface area contributed by atoms with Gasteiger partial charge in [0.1, 0.15) is 4.90 Å². The summed E-state index contributed by atoms with van der Waals surface area (Å²) < 4.78 is 27.1. The van der Waals surface area contributed by atoms with Crippen LogP contribution in [-0.2, 0) is 10.0 Å². The number of hydrogen-bond donors (Lipinski definition) is 1. The van der Waals surface area contributed by atoms with Crippen molar-refractivity contribution in [1.29, 1.82) is 0 Å². The lowest BCUT2D eigenvalue weighted by Gasteiger charge is -2.30. The molecule has 0 unspecified atom stereocenters. The van der Waals surface area contributed by atoms with E-state index in [1.807, 2.05) is 0 Å². The van der Waals surface area contributed by atoms with Crippen LogP contribution in [0.15, 0.2) is 23.1 Å². The summed E-state index contributed by atoms with van der Waals surface area (Å²) in [4.78, 5) is 2.43. The topological polar surface area (TPSA) is 49.4 Å². The minimum Gasteiger partial charge on any atom is -0.303 e. The second-order valence-corrected chi connectivity index (χ2v) is 8.45. The van der Waals surface area contributed by atoms with Gasteiger partial charge in [-0.1, -0.05) is 30.1 Å². The van der Waals surface area contributed by atoms with Crippen molar-refractivity contribution in [3.63, 3.8) is 0 Å². The van der Waals surface area contributed by atoms with Crippen LogP contribution in [0.25, 0.3) is 0 Å². The molecule has 1 atom stereocenters. The second-order valence-electron chi connectivity index (χ2n) is 5.87. The Morgan fingerprint density at radius 1 is 1.36 bits per heavy atom. The number of likely N-dealkylation sites (tertiary alicyclic amines) is 1. The molecular formula is C15H22Cl2N2O2S. The zero-order valence-electron chi connectivity index (χ0n) is 12.7. The van der Waals surface area contributed by atoms with E-state index in [2.05, 4.69) is 16.5 Å². The molecule has 1 fully saturated rings. The molecule has 0 aliphatic carbocycles. The number of hydrogen-bond acceptors (Lipinski definition) is 3. The van der Waals surface area contributed by atoms with Crippen LogP contribution in [0.3, 0.4) is 0 Å². The van der Waals surface area contributed by atoms with Crippen molar-refractivity contribution in [1.82, 2.24) is 9.62 Å². The summed E-state index contributed by atoms with van der Waals surface area (Å²) >= 11 is 11.8. The molecule has 0 bridgehead atoms. The zero-order chi connectivity index (χ0) is 16.2. The van der Waals surface area contributed by atoms with Crippen molar-refractivity contribution < 1.29 is 8.42 Å². The van der Waals surface area contributed by atoms with E-state index >= 15 is 0 Å². The maximum Gasteiger partial charge on any atom is 0.242 e. The molecule has 0 radical (unpaired) electrons. The number of sulfonamides is 1. The van der Waals surface area contributed by atoms with Gasteiger partial charge in [-0.25, -0.2) is 13.1 Å². The molecule has 22 heavy (non-hydrogen) atoms. The average molecular weight is 365 g/mol. The molecule has 1 saturated heterocycles. The van der Waals surface area contributed by atoms with E-state index in [9.17, 15) is 8.42 Å². The van der Waals surface area contributed by atoms with Crippen LogP contribution < -0.4 is 4.72 Å². The molecule has 0 aromatic heterocycles. The fourth-order valence-corrected chi connectivity index (χ4v) is 4.59. The third kappa shape index (κ3) is 5.10. The standard InChI is InChI=1S/C15H22Cl2N2O2S/c1-12-4-2-8-19(11-12)9-3-7-18-22(20,21)15-10-13(16)5-6-14(15)17/h5-6,10,12,18H,2-4,7-9,11H2,1H3/t12-/m0/s1. The van der Waals surface area contributed by atoms with E-state index in [1.165, 1.54) is 25.0 Å². The molecular weight excluding hydrogens is 343 g/mol. The van der Waals surface area contributed by atoms with E-state index in [4.69, 9.17) is 23.2 Å². The SMILES string of the molecule is C[C@H]1CCCN(CCCNS(=O)(=O)c2cc(Cl)ccc2Cl)C1. The quantitative estimate of drug-likeness (QED) is 0.787. The van der Waals surface area contributed by atoms with Crippen molar-refractivity contribution in [3.05, 3.63) is 28.2 Å². The molecule has 124 valence electrons. The average Bonchev–Trinajstić information content (AvgIpc) is 2.46. The van der Waals surface area contributed by atoms with Gasteiger partial charge in [-0.15, -0.1) is 0 Å². The number of halogens is 2. The molecule has 1 aromatic rings. The van der Waals surface area contributed by atoms with Gasteiger partial charge in [-0.05, 0) is 56.5 Å². The van der Waals surface area contributed by atoms with E-state index in [0.29, 0.717) is 11.6 Å². The van der Waals surface area contributed by atoms with Crippen LogP contribution in [0.2, 0.25) is 10.0 Å². The fraction of sp³-hybridized carbons (Fsp3) is 0.600. The Hall–Kier alpha value is -0.330. The lowest BCUT2D eigenvalue weighted by atomic mass is 10.0. The predicted octanol–water partition coefficient (Wildman–Crippen LogP) is 3.39. The van der Waals surface area contributed by atoms with Gasteiger partial charge in [-0.3, -0.25) is 0 Å². The molecule has 1 heterocycles. The highest BCUT2D eigenvalue weighted by molar-refractivity contribution is 7.89. The van der Waals surface area contributed by atoms with Crippen molar-refractivity contribution >= 4 is 33.2 Å². The van der Waals surface area contributed by atoms with Gasteiger partial charge in [-0.2, -0.15) is 0 Å². The third-order valence-electron chi connectivity index (χ3n) is 3.87. The lowest BCUT2D eigenvalue weighted by molar-refractivity contribution is 0.182. The van der Waals surface area contributed by atoms with Crippen LogP contribution in [0.5, 0.6) is 0 Å². The van der Waals surface area contributed by atoms with Crippen LogP contribution >= 0.6 is 23.2 Å². The van der Waals surface area contributed by atoms with Gasteiger partial charge in [0.2, 0.25) is 10.0 Å². The van der Waals surface area contributed by atoms with Gasteiger partial charge < -0.3 is 4.90 Å². The summed E-state index contributed by atoms with van der Waals surface area (Å²) in [5.74, 6) is 0.732. The Morgan fingerprint density at radius 2 is 2.14 bits per heavy atom. The number of piperidine rings is 1. The molecule has 0 saturated carbocycles. The second kappa shape index (κ2) is 7.97. The van der Waals surface area contributed by atoms with Crippen molar-refractivity contribution in [2.45, 2.75) is 31.1 Å². The summed E-state index contributed by atoms with van der Waals surface area (Å²) in [6.07, 6.45) is 3.30. The molecule has 0 spiro atoms. The van der Waals surface area contributed by atoms with Gasteiger partial charge in [0, 0.05) is 18.1 Å². The van der Waals surface area contributed by atoms with Crippen LogP contribution in [0.1, 0.15) is 26.2 Å². The van der Waals surface area contributed by atoms with Crippen molar-refractivity contribution in [2.24, 2.45) is 5.92 Å². The van der Waals surface area contributed by atoms with E-state index < -0.39 is 10.0 Å². The molecule has 2 rings (SSSR count). The van der Waals surface area contributed by atoms with Gasteiger partial charge >= 0.3 is 0 Å². The summed E-state index contributed by atoms with van der Waals surface area (Å²) in [5.41, 5.74) is 0. The van der Waals surface area contributed by atoms with Crippen LogP contribution in [0, 0.1) is 5.92 Å². The highest BCUT2D eigenvalue weighted by Crippen LogP contribution is 2.24. The zero-order valence-corrected chi connectivity index (χ0v) is 15.0. The highest BCUT2D eigenvalue weighted by Gasteiger charge is 2.19. The fourth-order valence-electron chi connectivity index (χ4n) is 2.76. The highest BCUT2D eigenvalue weighted by atomic mass is 35.5. The van der Waals surface area contributed by atoms with Crippen LogP contribution in [0.4, 0.5) is 0 Å². The Balaban J connectivity index is 1.84. The summed E-state index contributed by atoms with van der Waals surface area (Å²) in [6.45, 7) is 5.78. The summed E-state index contributed by atoms with van der Waals surface area (Å²) in [7, 11) is -3.61. The number of nitrogens with zero attached hydrogens (tertiary/aromatic N) is 1. The van der Waals surface area contributed by atoms with Gasteiger partial charge in [0.05, 0.1) is 5.02 Å². The maximum atomic E-state index is 12.2. The number of nitrogens with one attached hydrogen (secondary N) is 1. The van der Waals surface area contributed by atoms with E-state index in [1.54, 1.807) is 6.07 Å². The van der Waals surface area contributed by atoms with Gasteiger partial charge in [0.25, 0.3) is 0 Å². The van der Waals surface area contributed by atoms with E-state index in [0.717, 1.165) is 32.0 Å². The number of benzene rings is 1. The van der Waals surface area contributed by atoms with Crippen molar-refractivity contribution in [2.75, 3.05) is 26.2 Å². The minimum atomic E-state index is -3.61. The minimum absolute atomic E-state index is 0.0354. The first-order chi connectivity index (χ1) is 10.4. The molecule has 1 aliphatic heterocycles. The first-order valence-electron chi connectivity index (χ1n) is 7.55. The molecule has 4 nitrogen and oxygen atoms in total. The Kier molecular flexibility index (Phi) is 6.53. The number of rotatable bonds is 6. The maximum absolute atomic E-state index is 12.2. The Labute approximate surface area is 142 Å². The van der Waals surface area contributed by atoms with E-state index in [-0.39, 0.29) is 9.92 Å². The molecule has 1 N–H and O–H groups in total. The molecule has 7 heteroatoms. The van der Waals surface area contributed by atoms with Gasteiger partial charge in [0.15, 0.2) is 0 Å². The normalized spacial score (nSPS) is 20.2. The predicted molar refractivity (Wildman–Crippen MR) is 91.1 cm³/mol. The molecule has 0 amide bonds. The largest absolute Gasteiger partial charge is 0.303 e. The van der Waals surface area contributed by atoms with Crippen LogP contribution in [-0.4, -0.2) is 39.5 Å². The monoisotopic (exact) mass is 364 g/mol. The molecule has 1 aliphatic rings. The smallest absolute Gasteiger partial charge is 0.242 e. The Morgan fingerprint density at radius 3 is 2.86 bits per heavy atom. The van der Waals surface area contributed by atoms with Crippen molar-refractivity contribution in [3.8, 4) is 0 Å². The first-order valence-corrected chi connectivity index (χ1v) is 9.79. The summed E-state index contributed by atoms with van der Waals surface area (Å²) in [5, 5.41) is 0.536. The first kappa shape index (κ1) is 18.0. The lowest BCUT2D eigenvalue weighted by Crippen LogP contribution is -2.36. The Bertz CT molecular complexity index is 608. The molecule has 1 aromatic carbocycles. The third-order valence-corrected chi connectivity index (χ3v) is 6.04.